The molecule has 1 aliphatic heterocycles. The van der Waals surface area contributed by atoms with Crippen molar-refractivity contribution in [1.82, 2.24) is 9.88 Å². The Hall–Kier alpha value is -0.800. The smallest absolute Gasteiger partial charge is 0.272 e. The van der Waals surface area contributed by atoms with Crippen molar-refractivity contribution in [2.45, 2.75) is 12.8 Å². The minimum Gasteiger partial charge on any atom is -0.337 e. The Morgan fingerprint density at radius 2 is 2.35 bits per heavy atom. The van der Waals surface area contributed by atoms with Gasteiger partial charge >= 0.3 is 0 Å². The molecule has 1 aromatic heterocycles. The number of hydrogen-bond acceptors (Lipinski definition) is 2. The highest BCUT2D eigenvalue weighted by atomic mass is 35.5. The Bertz CT molecular complexity index is 394. The van der Waals surface area contributed by atoms with Crippen LogP contribution in [0.2, 0.25) is 5.02 Å². The van der Waals surface area contributed by atoms with E-state index >= 15 is 0 Å². The van der Waals surface area contributed by atoms with E-state index in [4.69, 9.17) is 23.2 Å². The average Bonchev–Trinajstić information content (AvgIpc) is 2.39. The minimum absolute atomic E-state index is 0.0310. The summed E-state index contributed by atoms with van der Waals surface area (Å²) in [7, 11) is 0. The molecule has 1 saturated heterocycles. The molecule has 0 spiro atoms. The Balaban J connectivity index is 2.06. The van der Waals surface area contributed by atoms with Crippen molar-refractivity contribution >= 4 is 29.1 Å². The molecule has 92 valence electrons. The molecule has 1 aromatic rings. The monoisotopic (exact) mass is 272 g/mol. The van der Waals surface area contributed by atoms with Crippen molar-refractivity contribution in [3.63, 3.8) is 0 Å². The second-order valence-corrected chi connectivity index (χ2v) is 5.02. The van der Waals surface area contributed by atoms with E-state index in [1.165, 1.54) is 6.20 Å². The molecule has 0 N–H and O–H groups in total. The van der Waals surface area contributed by atoms with Gasteiger partial charge in [0.1, 0.15) is 5.69 Å². The predicted octanol–water partition coefficient (Wildman–Crippen LogP) is 2.83. The molecule has 1 unspecified atom stereocenters. The summed E-state index contributed by atoms with van der Waals surface area (Å²) in [5.41, 5.74) is 0.449. The van der Waals surface area contributed by atoms with Gasteiger partial charge in [0, 0.05) is 25.2 Å². The van der Waals surface area contributed by atoms with Crippen LogP contribution in [0.15, 0.2) is 18.3 Å². The van der Waals surface area contributed by atoms with E-state index in [2.05, 4.69) is 4.98 Å². The summed E-state index contributed by atoms with van der Waals surface area (Å²) in [4.78, 5) is 18.0. The third-order valence-corrected chi connectivity index (χ3v) is 3.63. The standard InChI is InChI=1S/C12H14Cl2N2O/c13-6-9-2-1-5-16(8-9)12(17)11-4-3-10(14)7-15-11/h3-4,7,9H,1-2,5-6,8H2. The molecule has 0 aliphatic carbocycles. The van der Waals surface area contributed by atoms with Crippen LogP contribution in [0.5, 0.6) is 0 Å². The first-order valence-corrected chi connectivity index (χ1v) is 6.58. The minimum atomic E-state index is -0.0310. The van der Waals surface area contributed by atoms with Crippen LogP contribution in [0, 0.1) is 5.92 Å². The average molecular weight is 273 g/mol. The van der Waals surface area contributed by atoms with Gasteiger partial charge in [-0.15, -0.1) is 11.6 Å². The lowest BCUT2D eigenvalue weighted by atomic mass is 10.00. The van der Waals surface area contributed by atoms with Crippen molar-refractivity contribution in [3.05, 3.63) is 29.0 Å². The molecular formula is C12H14Cl2N2O. The normalized spacial score (nSPS) is 20.4. The second-order valence-electron chi connectivity index (χ2n) is 4.28. The quantitative estimate of drug-likeness (QED) is 0.776. The van der Waals surface area contributed by atoms with E-state index in [1.807, 2.05) is 4.90 Å². The lowest BCUT2D eigenvalue weighted by Gasteiger charge is -2.31. The molecule has 2 rings (SSSR count). The highest BCUT2D eigenvalue weighted by molar-refractivity contribution is 6.30. The fourth-order valence-corrected chi connectivity index (χ4v) is 2.40. The van der Waals surface area contributed by atoms with Crippen LogP contribution >= 0.6 is 23.2 Å². The zero-order chi connectivity index (χ0) is 12.3. The summed E-state index contributed by atoms with van der Waals surface area (Å²) in [6.07, 6.45) is 3.61. The van der Waals surface area contributed by atoms with Crippen LogP contribution < -0.4 is 0 Å². The van der Waals surface area contributed by atoms with Gasteiger partial charge in [-0.2, -0.15) is 0 Å². The topological polar surface area (TPSA) is 33.2 Å². The Morgan fingerprint density at radius 3 is 3.00 bits per heavy atom. The second kappa shape index (κ2) is 5.69. The molecular weight excluding hydrogens is 259 g/mol. The van der Waals surface area contributed by atoms with Gasteiger partial charge in [-0.3, -0.25) is 4.79 Å². The molecule has 17 heavy (non-hydrogen) atoms. The van der Waals surface area contributed by atoms with E-state index in [1.54, 1.807) is 12.1 Å². The van der Waals surface area contributed by atoms with E-state index in [-0.39, 0.29) is 5.91 Å². The van der Waals surface area contributed by atoms with Crippen molar-refractivity contribution in [1.29, 1.82) is 0 Å². The largest absolute Gasteiger partial charge is 0.337 e. The van der Waals surface area contributed by atoms with Crippen LogP contribution in [-0.4, -0.2) is 34.8 Å². The molecule has 5 heteroatoms. The number of pyridine rings is 1. The SMILES string of the molecule is O=C(c1ccc(Cl)cn1)N1CCCC(CCl)C1. The summed E-state index contributed by atoms with van der Waals surface area (Å²) < 4.78 is 0. The Morgan fingerprint density at radius 1 is 1.53 bits per heavy atom. The molecule has 1 fully saturated rings. The first-order valence-electron chi connectivity index (χ1n) is 5.67. The third kappa shape index (κ3) is 3.11. The fraction of sp³-hybridized carbons (Fsp3) is 0.500. The summed E-state index contributed by atoms with van der Waals surface area (Å²) in [6.45, 7) is 1.52. The molecule has 0 bridgehead atoms. The Kier molecular flexibility index (Phi) is 4.24. The van der Waals surface area contributed by atoms with Gasteiger partial charge in [0.2, 0.25) is 0 Å². The number of aromatic nitrogens is 1. The van der Waals surface area contributed by atoms with Crippen LogP contribution in [0.3, 0.4) is 0 Å². The van der Waals surface area contributed by atoms with Gasteiger partial charge in [0.15, 0.2) is 0 Å². The molecule has 1 aliphatic rings. The summed E-state index contributed by atoms with van der Waals surface area (Å²) in [5.74, 6) is 0.982. The molecule has 1 amide bonds. The van der Waals surface area contributed by atoms with Crippen molar-refractivity contribution in [3.8, 4) is 0 Å². The third-order valence-electron chi connectivity index (χ3n) is 2.97. The zero-order valence-corrected chi connectivity index (χ0v) is 10.9. The molecule has 3 nitrogen and oxygen atoms in total. The van der Waals surface area contributed by atoms with Gasteiger partial charge in [0.05, 0.1) is 5.02 Å². The number of rotatable bonds is 2. The predicted molar refractivity (Wildman–Crippen MR) is 68.6 cm³/mol. The molecule has 0 saturated carbocycles. The lowest BCUT2D eigenvalue weighted by Crippen LogP contribution is -2.40. The number of likely N-dealkylation sites (tertiary alicyclic amines) is 1. The zero-order valence-electron chi connectivity index (χ0n) is 9.40. The van der Waals surface area contributed by atoms with Gasteiger partial charge in [0.25, 0.3) is 5.91 Å². The maximum Gasteiger partial charge on any atom is 0.272 e. The maximum atomic E-state index is 12.1. The highest BCUT2D eigenvalue weighted by Crippen LogP contribution is 2.19. The van der Waals surface area contributed by atoms with Gasteiger partial charge < -0.3 is 4.90 Å². The lowest BCUT2D eigenvalue weighted by molar-refractivity contribution is 0.0679. The van der Waals surface area contributed by atoms with E-state index < -0.39 is 0 Å². The fourth-order valence-electron chi connectivity index (χ4n) is 2.04. The number of halogens is 2. The van der Waals surface area contributed by atoms with Crippen molar-refractivity contribution in [2.24, 2.45) is 5.92 Å². The number of amides is 1. The van der Waals surface area contributed by atoms with Crippen LogP contribution in [0.4, 0.5) is 0 Å². The van der Waals surface area contributed by atoms with E-state index in [0.29, 0.717) is 22.5 Å². The van der Waals surface area contributed by atoms with Gasteiger partial charge in [-0.1, -0.05) is 11.6 Å². The first-order chi connectivity index (χ1) is 8.20. The summed E-state index contributed by atoms with van der Waals surface area (Å²) in [6, 6.07) is 3.35. The first kappa shape index (κ1) is 12.7. The van der Waals surface area contributed by atoms with Crippen LogP contribution in [0.1, 0.15) is 23.3 Å². The summed E-state index contributed by atoms with van der Waals surface area (Å²) in [5, 5.41) is 0.541. The number of carbonyl (C=O) groups excluding carboxylic acids is 1. The molecule has 0 aromatic carbocycles. The maximum absolute atomic E-state index is 12.1. The van der Waals surface area contributed by atoms with Gasteiger partial charge in [-0.05, 0) is 30.9 Å². The molecule has 1 atom stereocenters. The Labute approximate surface area is 111 Å². The van der Waals surface area contributed by atoms with Crippen LogP contribution in [-0.2, 0) is 0 Å². The summed E-state index contributed by atoms with van der Waals surface area (Å²) >= 11 is 11.6. The van der Waals surface area contributed by atoms with E-state index in [9.17, 15) is 4.79 Å². The van der Waals surface area contributed by atoms with Crippen molar-refractivity contribution in [2.75, 3.05) is 19.0 Å². The van der Waals surface area contributed by atoms with Crippen LogP contribution in [0.25, 0.3) is 0 Å². The van der Waals surface area contributed by atoms with E-state index in [0.717, 1.165) is 25.9 Å². The number of hydrogen-bond donors (Lipinski definition) is 0. The number of carbonyl (C=O) groups is 1. The number of nitrogens with zero attached hydrogens (tertiary/aromatic N) is 2. The molecule has 2 heterocycles. The highest BCUT2D eigenvalue weighted by Gasteiger charge is 2.24. The van der Waals surface area contributed by atoms with Crippen molar-refractivity contribution < 1.29 is 4.79 Å². The number of piperidine rings is 1. The number of alkyl halides is 1. The van der Waals surface area contributed by atoms with Gasteiger partial charge in [-0.25, -0.2) is 4.98 Å². The molecule has 0 radical (unpaired) electrons.